The molecule has 1 fully saturated rings. The van der Waals surface area contributed by atoms with Gasteiger partial charge in [-0.15, -0.1) is 0 Å². The first kappa shape index (κ1) is 18.0. The highest BCUT2D eigenvalue weighted by Crippen LogP contribution is 2.26. The second-order valence-electron chi connectivity index (χ2n) is 6.50. The van der Waals surface area contributed by atoms with Crippen molar-refractivity contribution in [3.8, 4) is 0 Å². The zero-order chi connectivity index (χ0) is 17.5. The molecule has 2 heterocycles. The minimum atomic E-state index is -0.208. The van der Waals surface area contributed by atoms with E-state index in [9.17, 15) is 4.39 Å². The fraction of sp³-hybridized carbons (Fsp3) is 0.450. The smallest absolute Gasteiger partial charge is 0.123 e. The third-order valence-corrected chi connectivity index (χ3v) is 4.66. The van der Waals surface area contributed by atoms with E-state index in [1.54, 1.807) is 18.3 Å². The predicted octanol–water partition coefficient (Wildman–Crippen LogP) is 2.96. The summed E-state index contributed by atoms with van der Waals surface area (Å²) in [6.07, 6.45) is 2.86. The maximum absolute atomic E-state index is 13.7. The van der Waals surface area contributed by atoms with Gasteiger partial charge in [-0.1, -0.05) is 18.2 Å². The van der Waals surface area contributed by atoms with Crippen molar-refractivity contribution in [3.05, 3.63) is 65.7 Å². The van der Waals surface area contributed by atoms with E-state index in [4.69, 9.17) is 4.74 Å². The van der Waals surface area contributed by atoms with E-state index in [0.29, 0.717) is 0 Å². The second-order valence-corrected chi connectivity index (χ2v) is 6.50. The molecule has 0 radical (unpaired) electrons. The molecule has 134 valence electrons. The van der Waals surface area contributed by atoms with Gasteiger partial charge < -0.3 is 4.74 Å². The van der Waals surface area contributed by atoms with Gasteiger partial charge in [0.2, 0.25) is 0 Å². The Balaban J connectivity index is 1.68. The normalized spacial score (nSPS) is 16.9. The molecule has 3 rings (SSSR count). The van der Waals surface area contributed by atoms with Crippen LogP contribution in [0.4, 0.5) is 4.39 Å². The Bertz CT molecular complexity index is 646. The van der Waals surface area contributed by atoms with Gasteiger partial charge in [0, 0.05) is 25.8 Å². The molecule has 1 aliphatic rings. The second kappa shape index (κ2) is 9.04. The van der Waals surface area contributed by atoms with Crippen LogP contribution in [0.1, 0.15) is 23.7 Å². The highest BCUT2D eigenvalue weighted by atomic mass is 19.1. The van der Waals surface area contributed by atoms with E-state index in [2.05, 4.69) is 21.8 Å². The summed E-state index contributed by atoms with van der Waals surface area (Å²) < 4.78 is 19.1. The highest BCUT2D eigenvalue weighted by molar-refractivity contribution is 5.28. The Morgan fingerprint density at radius 3 is 2.76 bits per heavy atom. The molecular formula is C20H26FN3O. The average molecular weight is 343 g/mol. The number of halogens is 1. The Hall–Kier alpha value is -1.82. The van der Waals surface area contributed by atoms with Crippen molar-refractivity contribution in [3.63, 3.8) is 0 Å². The third-order valence-electron chi connectivity index (χ3n) is 4.66. The summed E-state index contributed by atoms with van der Waals surface area (Å²) >= 11 is 0. The van der Waals surface area contributed by atoms with E-state index >= 15 is 0 Å². The van der Waals surface area contributed by atoms with Gasteiger partial charge in [-0.25, -0.2) is 4.39 Å². The zero-order valence-corrected chi connectivity index (χ0v) is 14.8. The van der Waals surface area contributed by atoms with Crippen LogP contribution in [0.2, 0.25) is 0 Å². The molecule has 2 aromatic rings. The Labute approximate surface area is 149 Å². The average Bonchev–Trinajstić information content (AvgIpc) is 2.64. The van der Waals surface area contributed by atoms with Crippen LogP contribution >= 0.6 is 0 Å². The maximum atomic E-state index is 13.7. The lowest BCUT2D eigenvalue weighted by molar-refractivity contribution is 0.0361. The largest absolute Gasteiger partial charge is 0.379 e. The number of nitrogens with zero attached hydrogens (tertiary/aromatic N) is 3. The first-order chi connectivity index (χ1) is 12.2. The van der Waals surface area contributed by atoms with Gasteiger partial charge in [0.25, 0.3) is 0 Å². The van der Waals surface area contributed by atoms with Gasteiger partial charge >= 0.3 is 0 Å². The van der Waals surface area contributed by atoms with Gasteiger partial charge in [-0.05, 0) is 49.8 Å². The van der Waals surface area contributed by atoms with Crippen LogP contribution in [-0.2, 0) is 4.74 Å². The lowest BCUT2D eigenvalue weighted by Crippen LogP contribution is -2.38. The fourth-order valence-electron chi connectivity index (χ4n) is 3.36. The van der Waals surface area contributed by atoms with E-state index in [0.717, 1.165) is 57.1 Å². The Morgan fingerprint density at radius 2 is 2.04 bits per heavy atom. The highest BCUT2D eigenvalue weighted by Gasteiger charge is 2.21. The van der Waals surface area contributed by atoms with E-state index in [1.807, 2.05) is 24.3 Å². The standard InChI is InChI=1S/C20H26FN3O/c1-23(10-5-11-24-12-14-25-15-13-24)20(19-8-2-3-9-22-19)17-6-4-7-18(21)16-17/h2-4,6-9,16,20H,5,10-15H2,1H3/t20-/m0/s1. The van der Waals surface area contributed by atoms with Crippen molar-refractivity contribution in [2.24, 2.45) is 0 Å². The van der Waals surface area contributed by atoms with Gasteiger partial charge in [0.15, 0.2) is 0 Å². The number of pyridine rings is 1. The molecule has 0 spiro atoms. The van der Waals surface area contributed by atoms with Crippen LogP contribution in [0.3, 0.4) is 0 Å². The summed E-state index contributed by atoms with van der Waals surface area (Å²) in [5, 5.41) is 0. The molecule has 1 aliphatic heterocycles. The van der Waals surface area contributed by atoms with Crippen LogP contribution in [0.15, 0.2) is 48.7 Å². The van der Waals surface area contributed by atoms with Crippen molar-refractivity contribution in [2.75, 3.05) is 46.4 Å². The summed E-state index contributed by atoms with van der Waals surface area (Å²) in [7, 11) is 2.09. The zero-order valence-electron chi connectivity index (χ0n) is 14.8. The summed E-state index contributed by atoms with van der Waals surface area (Å²) in [5.74, 6) is -0.208. The number of aromatic nitrogens is 1. The van der Waals surface area contributed by atoms with Crippen molar-refractivity contribution < 1.29 is 9.13 Å². The summed E-state index contributed by atoms with van der Waals surface area (Å²) in [6.45, 7) is 5.67. The third kappa shape index (κ3) is 5.08. The minimum absolute atomic E-state index is 0.0402. The number of ether oxygens (including phenoxy) is 1. The first-order valence-electron chi connectivity index (χ1n) is 8.91. The SMILES string of the molecule is CN(CCCN1CCOCC1)[C@@H](c1cccc(F)c1)c1ccccn1. The molecule has 0 bridgehead atoms. The lowest BCUT2D eigenvalue weighted by atomic mass is 10.0. The van der Waals surface area contributed by atoms with Crippen LogP contribution in [-0.4, -0.2) is 61.2 Å². The first-order valence-corrected chi connectivity index (χ1v) is 8.91. The van der Waals surface area contributed by atoms with Crippen LogP contribution in [0.25, 0.3) is 0 Å². The number of hydrogen-bond donors (Lipinski definition) is 0. The molecule has 1 atom stereocenters. The predicted molar refractivity (Wildman–Crippen MR) is 97.0 cm³/mol. The Kier molecular flexibility index (Phi) is 6.50. The Morgan fingerprint density at radius 1 is 1.20 bits per heavy atom. The minimum Gasteiger partial charge on any atom is -0.379 e. The summed E-state index contributed by atoms with van der Waals surface area (Å²) in [5.41, 5.74) is 1.88. The maximum Gasteiger partial charge on any atom is 0.123 e. The van der Waals surface area contributed by atoms with Crippen molar-refractivity contribution in [2.45, 2.75) is 12.5 Å². The molecule has 1 aromatic heterocycles. The van der Waals surface area contributed by atoms with Crippen molar-refractivity contribution in [1.82, 2.24) is 14.8 Å². The van der Waals surface area contributed by atoms with Crippen molar-refractivity contribution in [1.29, 1.82) is 0 Å². The number of hydrogen-bond acceptors (Lipinski definition) is 4. The molecule has 0 aliphatic carbocycles. The molecule has 25 heavy (non-hydrogen) atoms. The van der Waals surface area contributed by atoms with E-state index in [-0.39, 0.29) is 11.9 Å². The topological polar surface area (TPSA) is 28.6 Å². The van der Waals surface area contributed by atoms with E-state index in [1.165, 1.54) is 6.07 Å². The van der Waals surface area contributed by atoms with Crippen molar-refractivity contribution >= 4 is 0 Å². The van der Waals surface area contributed by atoms with Gasteiger partial charge in [0.1, 0.15) is 5.82 Å². The van der Waals surface area contributed by atoms with Gasteiger partial charge in [-0.2, -0.15) is 0 Å². The molecule has 5 heteroatoms. The number of benzene rings is 1. The molecule has 1 saturated heterocycles. The number of rotatable bonds is 7. The molecule has 4 nitrogen and oxygen atoms in total. The van der Waals surface area contributed by atoms with Gasteiger partial charge in [-0.3, -0.25) is 14.8 Å². The molecule has 0 N–H and O–H groups in total. The van der Waals surface area contributed by atoms with Gasteiger partial charge in [0.05, 0.1) is 24.9 Å². The monoisotopic (exact) mass is 343 g/mol. The summed E-state index contributed by atoms with van der Waals surface area (Å²) in [6, 6.07) is 12.7. The molecule has 1 aromatic carbocycles. The van der Waals surface area contributed by atoms with Crippen LogP contribution in [0, 0.1) is 5.82 Å². The fourth-order valence-corrected chi connectivity index (χ4v) is 3.36. The molecular weight excluding hydrogens is 317 g/mol. The summed E-state index contributed by atoms with van der Waals surface area (Å²) in [4.78, 5) is 9.21. The molecule has 0 unspecified atom stereocenters. The number of morpholine rings is 1. The molecule has 0 amide bonds. The van der Waals surface area contributed by atoms with Crippen LogP contribution < -0.4 is 0 Å². The van der Waals surface area contributed by atoms with E-state index < -0.39 is 0 Å². The quantitative estimate of drug-likeness (QED) is 0.773. The van der Waals surface area contributed by atoms with Crippen LogP contribution in [0.5, 0.6) is 0 Å². The molecule has 0 saturated carbocycles. The lowest BCUT2D eigenvalue weighted by Gasteiger charge is -2.30.